The summed E-state index contributed by atoms with van der Waals surface area (Å²) in [4.78, 5) is 12.7. The minimum atomic E-state index is 0.450. The third-order valence-corrected chi connectivity index (χ3v) is 2.86. The van der Waals surface area contributed by atoms with Gasteiger partial charge in [0.1, 0.15) is 4.60 Å². The Morgan fingerprint density at radius 3 is 3.00 bits per heavy atom. The fourth-order valence-electron chi connectivity index (χ4n) is 1.62. The highest BCUT2D eigenvalue weighted by Crippen LogP contribution is 2.26. The summed E-state index contributed by atoms with van der Waals surface area (Å²) in [6.07, 6.45) is 7.09. The van der Waals surface area contributed by atoms with Gasteiger partial charge in [0.05, 0.1) is 5.69 Å². The van der Waals surface area contributed by atoms with Crippen LogP contribution in [0.4, 0.5) is 0 Å². The van der Waals surface area contributed by atoms with Crippen LogP contribution in [0.2, 0.25) is 0 Å². The van der Waals surface area contributed by atoms with Gasteiger partial charge in [0.15, 0.2) is 5.75 Å². The van der Waals surface area contributed by atoms with Crippen LogP contribution in [0.15, 0.2) is 41.5 Å². The van der Waals surface area contributed by atoms with Gasteiger partial charge in [0.2, 0.25) is 5.65 Å². The van der Waals surface area contributed by atoms with Crippen molar-refractivity contribution in [2.45, 2.75) is 6.92 Å². The van der Waals surface area contributed by atoms with Gasteiger partial charge in [-0.25, -0.2) is 9.97 Å². The lowest BCUT2D eigenvalue weighted by molar-refractivity contribution is 0.457. The van der Waals surface area contributed by atoms with E-state index in [0.717, 1.165) is 5.69 Å². The van der Waals surface area contributed by atoms with E-state index in [0.29, 0.717) is 21.9 Å². The number of nitrogens with zero attached hydrogens (tertiary/aromatic N) is 4. The first-order valence-electron chi connectivity index (χ1n) is 5.33. The molecule has 0 fully saturated rings. The van der Waals surface area contributed by atoms with E-state index in [1.807, 2.05) is 35.9 Å². The van der Waals surface area contributed by atoms with Gasteiger partial charge in [-0.3, -0.25) is 9.38 Å². The summed E-state index contributed by atoms with van der Waals surface area (Å²) in [6, 6.07) is 3.67. The molecular formula is C12H9BrN4O. The van der Waals surface area contributed by atoms with Crippen LogP contribution in [-0.4, -0.2) is 19.4 Å². The maximum atomic E-state index is 5.77. The summed E-state index contributed by atoms with van der Waals surface area (Å²) >= 11 is 3.34. The van der Waals surface area contributed by atoms with Crippen LogP contribution in [-0.2, 0) is 0 Å². The zero-order valence-corrected chi connectivity index (χ0v) is 11.1. The predicted octanol–water partition coefficient (Wildman–Crippen LogP) is 2.99. The second-order valence-electron chi connectivity index (χ2n) is 3.72. The highest BCUT2D eigenvalue weighted by Gasteiger charge is 2.10. The standard InChI is InChI=1S/C12H9BrN4O/c1-8-9(3-2-4-14-8)18-12-11-15-5-6-17(11)7-10(13)16-12/h2-7H,1H3. The van der Waals surface area contributed by atoms with E-state index in [2.05, 4.69) is 30.9 Å². The van der Waals surface area contributed by atoms with Crippen molar-refractivity contribution in [2.75, 3.05) is 0 Å². The first kappa shape index (κ1) is 11.2. The molecule has 0 bridgehead atoms. The zero-order valence-electron chi connectivity index (χ0n) is 9.54. The maximum Gasteiger partial charge on any atom is 0.265 e. The van der Waals surface area contributed by atoms with Gasteiger partial charge in [0.25, 0.3) is 5.88 Å². The van der Waals surface area contributed by atoms with Crippen molar-refractivity contribution >= 4 is 21.6 Å². The number of hydrogen-bond donors (Lipinski definition) is 0. The van der Waals surface area contributed by atoms with Gasteiger partial charge in [-0.1, -0.05) is 0 Å². The highest BCUT2D eigenvalue weighted by molar-refractivity contribution is 9.10. The van der Waals surface area contributed by atoms with Crippen LogP contribution >= 0.6 is 15.9 Å². The number of imidazole rings is 1. The third kappa shape index (κ3) is 1.95. The number of rotatable bonds is 2. The molecule has 6 heteroatoms. The van der Waals surface area contributed by atoms with Crippen molar-refractivity contribution in [2.24, 2.45) is 0 Å². The van der Waals surface area contributed by atoms with E-state index < -0.39 is 0 Å². The molecule has 3 heterocycles. The van der Waals surface area contributed by atoms with Crippen LogP contribution < -0.4 is 4.74 Å². The average Bonchev–Trinajstić information content (AvgIpc) is 2.80. The predicted molar refractivity (Wildman–Crippen MR) is 69.7 cm³/mol. The van der Waals surface area contributed by atoms with Crippen molar-refractivity contribution in [3.8, 4) is 11.6 Å². The molecule has 0 amide bonds. The van der Waals surface area contributed by atoms with Crippen LogP contribution in [0.3, 0.4) is 0 Å². The Labute approximate surface area is 112 Å². The minimum absolute atomic E-state index is 0.450. The fraction of sp³-hybridized carbons (Fsp3) is 0.0833. The summed E-state index contributed by atoms with van der Waals surface area (Å²) in [5, 5.41) is 0. The van der Waals surface area contributed by atoms with Crippen molar-refractivity contribution in [3.63, 3.8) is 0 Å². The van der Waals surface area contributed by atoms with E-state index in [9.17, 15) is 0 Å². The lowest BCUT2D eigenvalue weighted by atomic mass is 10.3. The van der Waals surface area contributed by atoms with Crippen molar-refractivity contribution in [3.05, 3.63) is 47.2 Å². The second kappa shape index (κ2) is 4.38. The van der Waals surface area contributed by atoms with E-state index in [-0.39, 0.29) is 0 Å². The van der Waals surface area contributed by atoms with E-state index in [1.54, 1.807) is 12.4 Å². The lowest BCUT2D eigenvalue weighted by Crippen LogP contribution is -1.96. The molecule has 0 unspecified atom stereocenters. The number of aryl methyl sites for hydroxylation is 1. The van der Waals surface area contributed by atoms with Gasteiger partial charge >= 0.3 is 0 Å². The van der Waals surface area contributed by atoms with Crippen LogP contribution in [0.25, 0.3) is 5.65 Å². The van der Waals surface area contributed by atoms with Crippen LogP contribution in [0.1, 0.15) is 5.69 Å². The molecular weight excluding hydrogens is 296 g/mol. The van der Waals surface area contributed by atoms with E-state index in [1.165, 1.54) is 0 Å². The molecule has 0 aliphatic carbocycles. The molecule has 0 spiro atoms. The molecule has 90 valence electrons. The number of pyridine rings is 1. The molecule has 0 aromatic carbocycles. The Bertz CT molecular complexity index is 710. The number of hydrogen-bond acceptors (Lipinski definition) is 4. The molecule has 0 radical (unpaired) electrons. The summed E-state index contributed by atoms with van der Waals surface area (Å²) in [5.41, 5.74) is 1.48. The van der Waals surface area contributed by atoms with Gasteiger partial charge in [-0.15, -0.1) is 0 Å². The molecule has 3 aromatic rings. The Hall–Kier alpha value is -1.95. The Morgan fingerprint density at radius 1 is 1.28 bits per heavy atom. The third-order valence-electron chi connectivity index (χ3n) is 2.48. The van der Waals surface area contributed by atoms with Gasteiger partial charge in [0, 0.05) is 24.8 Å². The van der Waals surface area contributed by atoms with Gasteiger partial charge in [-0.2, -0.15) is 0 Å². The summed E-state index contributed by atoms with van der Waals surface area (Å²) in [5.74, 6) is 1.12. The first-order valence-corrected chi connectivity index (χ1v) is 6.12. The van der Waals surface area contributed by atoms with Crippen LogP contribution in [0.5, 0.6) is 11.6 Å². The Balaban J connectivity index is 2.10. The molecule has 0 saturated carbocycles. The summed E-state index contributed by atoms with van der Waals surface area (Å²) in [7, 11) is 0. The van der Waals surface area contributed by atoms with E-state index in [4.69, 9.17) is 4.74 Å². The second-order valence-corrected chi connectivity index (χ2v) is 4.53. The average molecular weight is 305 g/mol. The monoisotopic (exact) mass is 304 g/mol. The summed E-state index contributed by atoms with van der Waals surface area (Å²) in [6.45, 7) is 1.88. The fourth-order valence-corrected chi connectivity index (χ4v) is 2.01. The van der Waals surface area contributed by atoms with Crippen molar-refractivity contribution < 1.29 is 4.74 Å². The quantitative estimate of drug-likeness (QED) is 0.730. The molecule has 0 aliphatic heterocycles. The topological polar surface area (TPSA) is 52.3 Å². The molecule has 0 N–H and O–H groups in total. The maximum absolute atomic E-state index is 5.77. The number of ether oxygens (including phenoxy) is 1. The largest absolute Gasteiger partial charge is 0.434 e. The van der Waals surface area contributed by atoms with E-state index >= 15 is 0 Å². The molecule has 3 rings (SSSR count). The van der Waals surface area contributed by atoms with Crippen molar-refractivity contribution in [1.82, 2.24) is 19.4 Å². The summed E-state index contributed by atoms with van der Waals surface area (Å²) < 4.78 is 8.30. The van der Waals surface area contributed by atoms with Gasteiger partial charge < -0.3 is 4.74 Å². The molecule has 5 nitrogen and oxygen atoms in total. The smallest absolute Gasteiger partial charge is 0.265 e. The molecule has 0 saturated heterocycles. The number of fused-ring (bicyclic) bond motifs is 1. The van der Waals surface area contributed by atoms with Crippen molar-refractivity contribution in [1.29, 1.82) is 0 Å². The Morgan fingerprint density at radius 2 is 2.17 bits per heavy atom. The number of aromatic nitrogens is 4. The zero-order chi connectivity index (χ0) is 12.5. The highest BCUT2D eigenvalue weighted by atomic mass is 79.9. The normalized spacial score (nSPS) is 10.8. The SMILES string of the molecule is Cc1ncccc1Oc1nc(Br)cn2ccnc12. The molecule has 18 heavy (non-hydrogen) atoms. The molecule has 0 aliphatic rings. The first-order chi connectivity index (χ1) is 8.74. The van der Waals surface area contributed by atoms with Crippen LogP contribution in [0, 0.1) is 6.92 Å². The number of halogens is 1. The Kier molecular flexibility index (Phi) is 2.71. The lowest BCUT2D eigenvalue weighted by Gasteiger charge is -2.08. The molecule has 0 atom stereocenters. The molecule has 3 aromatic heterocycles. The minimum Gasteiger partial charge on any atom is -0.434 e. The van der Waals surface area contributed by atoms with Gasteiger partial charge in [-0.05, 0) is 35.0 Å².